The summed E-state index contributed by atoms with van der Waals surface area (Å²) in [7, 11) is 1.88. The van der Waals surface area contributed by atoms with Gasteiger partial charge in [-0.2, -0.15) is 0 Å². The van der Waals surface area contributed by atoms with Crippen molar-refractivity contribution in [1.29, 1.82) is 0 Å². The topological polar surface area (TPSA) is 67.5 Å². The zero-order valence-corrected chi connectivity index (χ0v) is 12.1. The van der Waals surface area contributed by atoms with Gasteiger partial charge >= 0.3 is 0 Å². The molecule has 0 amide bonds. The summed E-state index contributed by atoms with van der Waals surface area (Å²) in [6.07, 6.45) is 0.971. The minimum Gasteiger partial charge on any atom is -0.494 e. The summed E-state index contributed by atoms with van der Waals surface area (Å²) >= 11 is 0. The lowest BCUT2D eigenvalue weighted by molar-refractivity contribution is 0.141. The molecule has 4 nitrogen and oxygen atoms in total. The lowest BCUT2D eigenvalue weighted by Crippen LogP contribution is -2.32. The first-order valence-electron chi connectivity index (χ1n) is 6.97. The Hall–Kier alpha value is -1.10. The molecule has 0 aliphatic rings. The van der Waals surface area contributed by atoms with E-state index in [1.807, 2.05) is 32.2 Å². The Morgan fingerprint density at radius 1 is 1.37 bits per heavy atom. The van der Waals surface area contributed by atoms with E-state index in [1.165, 1.54) is 0 Å². The molecule has 1 rings (SSSR count). The predicted octanol–water partition coefficient (Wildman–Crippen LogP) is 1.62. The lowest BCUT2D eigenvalue weighted by Gasteiger charge is -2.22. The van der Waals surface area contributed by atoms with Crippen molar-refractivity contribution in [3.8, 4) is 5.75 Å². The van der Waals surface area contributed by atoms with Crippen LogP contribution in [-0.2, 0) is 6.42 Å². The third-order valence-corrected chi connectivity index (χ3v) is 3.26. The molecule has 0 aromatic heterocycles. The number of aliphatic hydroxyl groups is 1. The highest BCUT2D eigenvalue weighted by Gasteiger charge is 2.19. The van der Waals surface area contributed by atoms with E-state index in [1.54, 1.807) is 0 Å². The molecule has 1 aromatic rings. The van der Waals surface area contributed by atoms with Crippen LogP contribution in [-0.4, -0.2) is 31.3 Å². The number of aliphatic hydroxyl groups excluding tert-OH is 1. The second kappa shape index (κ2) is 8.15. The zero-order chi connectivity index (χ0) is 14.3. The van der Waals surface area contributed by atoms with E-state index in [4.69, 9.17) is 10.5 Å². The van der Waals surface area contributed by atoms with E-state index >= 15 is 0 Å². The highest BCUT2D eigenvalue weighted by Crippen LogP contribution is 2.26. The minimum absolute atomic E-state index is 0.254. The Labute approximate surface area is 116 Å². The van der Waals surface area contributed by atoms with E-state index in [9.17, 15) is 5.11 Å². The third-order valence-electron chi connectivity index (χ3n) is 3.26. The molecule has 19 heavy (non-hydrogen) atoms. The molecule has 1 aromatic carbocycles. The Morgan fingerprint density at radius 2 is 2.11 bits per heavy atom. The second-order valence-electron chi connectivity index (χ2n) is 4.65. The summed E-state index contributed by atoms with van der Waals surface area (Å²) in [5.74, 6) is 0.846. The fraction of sp³-hybridized carbons (Fsp3) is 0.600. The van der Waals surface area contributed by atoms with Gasteiger partial charge in [0.2, 0.25) is 0 Å². The third kappa shape index (κ3) is 4.49. The first-order chi connectivity index (χ1) is 9.13. The van der Waals surface area contributed by atoms with E-state index in [2.05, 4.69) is 12.2 Å². The molecule has 4 heteroatoms. The summed E-state index contributed by atoms with van der Waals surface area (Å²) < 4.78 is 5.49. The summed E-state index contributed by atoms with van der Waals surface area (Å²) in [6.45, 7) is 5.48. The molecular weight excluding hydrogens is 240 g/mol. The molecule has 0 heterocycles. The highest BCUT2D eigenvalue weighted by atomic mass is 16.5. The second-order valence-corrected chi connectivity index (χ2v) is 4.65. The van der Waals surface area contributed by atoms with Gasteiger partial charge in [0.05, 0.1) is 12.7 Å². The normalized spacial score (nSPS) is 14.2. The number of rotatable bonds is 8. The van der Waals surface area contributed by atoms with Gasteiger partial charge in [0.25, 0.3) is 0 Å². The van der Waals surface area contributed by atoms with Gasteiger partial charge in [0.15, 0.2) is 0 Å². The zero-order valence-electron chi connectivity index (χ0n) is 12.1. The van der Waals surface area contributed by atoms with Crippen LogP contribution < -0.4 is 15.8 Å². The number of aryl methyl sites for hydroxylation is 1. The van der Waals surface area contributed by atoms with Crippen LogP contribution in [0.1, 0.15) is 37.5 Å². The molecule has 0 bridgehead atoms. The minimum atomic E-state index is -0.626. The molecular formula is C15H26N2O2. The number of nitrogens with one attached hydrogen (secondary N) is 1. The fourth-order valence-corrected chi connectivity index (χ4v) is 2.13. The molecule has 0 aliphatic heterocycles. The van der Waals surface area contributed by atoms with E-state index in [-0.39, 0.29) is 6.04 Å². The monoisotopic (exact) mass is 266 g/mol. The molecule has 0 saturated heterocycles. The molecule has 0 radical (unpaired) electrons. The van der Waals surface area contributed by atoms with Gasteiger partial charge in [-0.3, -0.25) is 0 Å². The van der Waals surface area contributed by atoms with Crippen LogP contribution in [0, 0.1) is 0 Å². The smallest absolute Gasteiger partial charge is 0.119 e. The van der Waals surface area contributed by atoms with E-state index in [0.717, 1.165) is 36.3 Å². The van der Waals surface area contributed by atoms with Gasteiger partial charge in [-0.25, -0.2) is 0 Å². The van der Waals surface area contributed by atoms with Crippen LogP contribution in [0.5, 0.6) is 5.75 Å². The van der Waals surface area contributed by atoms with Crippen LogP contribution in [0.3, 0.4) is 0 Å². The van der Waals surface area contributed by atoms with E-state index in [0.29, 0.717) is 6.61 Å². The molecule has 2 unspecified atom stereocenters. The van der Waals surface area contributed by atoms with Crippen molar-refractivity contribution in [1.82, 2.24) is 5.32 Å². The van der Waals surface area contributed by atoms with Crippen molar-refractivity contribution in [2.75, 3.05) is 20.2 Å². The van der Waals surface area contributed by atoms with E-state index < -0.39 is 6.10 Å². The first kappa shape index (κ1) is 16.0. The quantitative estimate of drug-likeness (QED) is 0.669. The van der Waals surface area contributed by atoms with Crippen molar-refractivity contribution in [2.45, 2.75) is 38.8 Å². The molecule has 0 aliphatic carbocycles. The van der Waals surface area contributed by atoms with Crippen LogP contribution in [0.4, 0.5) is 0 Å². The predicted molar refractivity (Wildman–Crippen MR) is 78.5 cm³/mol. The van der Waals surface area contributed by atoms with Gasteiger partial charge in [0, 0.05) is 6.04 Å². The molecule has 2 atom stereocenters. The average Bonchev–Trinajstić information content (AvgIpc) is 2.44. The number of nitrogens with two attached hydrogens (primary N) is 1. The average molecular weight is 266 g/mol. The van der Waals surface area contributed by atoms with Crippen molar-refractivity contribution in [3.05, 3.63) is 29.3 Å². The van der Waals surface area contributed by atoms with Gasteiger partial charge in [-0.05, 0) is 56.6 Å². The largest absolute Gasteiger partial charge is 0.494 e. The summed E-state index contributed by atoms with van der Waals surface area (Å²) in [5, 5.41) is 13.4. The van der Waals surface area contributed by atoms with Gasteiger partial charge in [0.1, 0.15) is 5.75 Å². The molecule has 108 valence electrons. The Kier molecular flexibility index (Phi) is 6.84. The summed E-state index contributed by atoms with van der Waals surface area (Å²) in [5.41, 5.74) is 8.04. The van der Waals surface area contributed by atoms with Gasteiger partial charge in [-0.15, -0.1) is 0 Å². The molecule has 0 spiro atoms. The van der Waals surface area contributed by atoms with Crippen molar-refractivity contribution >= 4 is 0 Å². The molecule has 0 fully saturated rings. The molecule has 0 saturated carbocycles. The first-order valence-corrected chi connectivity index (χ1v) is 6.97. The number of hydrogen-bond donors (Lipinski definition) is 3. The standard InChI is InChI=1S/C15H26N2O2/c1-4-11-10-12(19-5-2)6-7-13(11)15(18)14(16)8-9-17-3/h6-7,10,14-15,17-18H,4-5,8-9,16H2,1-3H3. The SMILES string of the molecule is CCOc1ccc(C(O)C(N)CCNC)c(CC)c1. The van der Waals surface area contributed by atoms with Crippen LogP contribution in [0.15, 0.2) is 18.2 Å². The number of ether oxygens (including phenoxy) is 1. The summed E-state index contributed by atoms with van der Waals surface area (Å²) in [4.78, 5) is 0. The van der Waals surface area contributed by atoms with Crippen LogP contribution in [0.25, 0.3) is 0 Å². The number of benzene rings is 1. The Balaban J connectivity index is 2.86. The van der Waals surface area contributed by atoms with Crippen LogP contribution in [0.2, 0.25) is 0 Å². The molecule has 4 N–H and O–H groups in total. The van der Waals surface area contributed by atoms with Crippen molar-refractivity contribution in [2.24, 2.45) is 5.73 Å². The van der Waals surface area contributed by atoms with Crippen molar-refractivity contribution < 1.29 is 9.84 Å². The van der Waals surface area contributed by atoms with Crippen LogP contribution >= 0.6 is 0 Å². The van der Waals surface area contributed by atoms with Crippen molar-refractivity contribution in [3.63, 3.8) is 0 Å². The Morgan fingerprint density at radius 3 is 2.68 bits per heavy atom. The Bertz CT molecular complexity index is 382. The highest BCUT2D eigenvalue weighted by molar-refractivity contribution is 5.37. The van der Waals surface area contributed by atoms with Gasteiger partial charge < -0.3 is 20.9 Å². The summed E-state index contributed by atoms with van der Waals surface area (Å²) in [6, 6.07) is 5.56. The number of hydrogen-bond acceptors (Lipinski definition) is 4. The lowest BCUT2D eigenvalue weighted by atomic mass is 9.94. The maximum absolute atomic E-state index is 10.4. The van der Waals surface area contributed by atoms with Gasteiger partial charge in [-0.1, -0.05) is 13.0 Å². The fourth-order valence-electron chi connectivity index (χ4n) is 2.13. The maximum Gasteiger partial charge on any atom is 0.119 e. The maximum atomic E-state index is 10.4.